The van der Waals surface area contributed by atoms with Crippen molar-refractivity contribution in [3.05, 3.63) is 0 Å². The lowest BCUT2D eigenvalue weighted by atomic mass is 10.0. The summed E-state index contributed by atoms with van der Waals surface area (Å²) in [6, 6.07) is 2.08. The van der Waals surface area contributed by atoms with Crippen LogP contribution in [0.3, 0.4) is 0 Å². The molecule has 0 saturated carbocycles. The summed E-state index contributed by atoms with van der Waals surface area (Å²) in [6.45, 7) is 5.18. The van der Waals surface area contributed by atoms with E-state index < -0.39 is 5.60 Å². The minimum absolute atomic E-state index is 0.585. The number of hydrogen-bond donors (Lipinski definition) is 2. The molecule has 2 N–H and O–H groups in total. The van der Waals surface area contributed by atoms with Gasteiger partial charge in [0, 0.05) is 13.0 Å². The van der Waals surface area contributed by atoms with Gasteiger partial charge in [0.1, 0.15) is 0 Å². The fourth-order valence-corrected chi connectivity index (χ4v) is 0.775. The quantitative estimate of drug-likeness (QED) is 0.586. The largest absolute Gasteiger partial charge is 0.389 e. The van der Waals surface area contributed by atoms with Crippen LogP contribution in [0.2, 0.25) is 0 Å². The molecule has 0 saturated heterocycles. The molecule has 12 heavy (non-hydrogen) atoms. The molecule has 0 fully saturated rings. The van der Waals surface area contributed by atoms with Crippen molar-refractivity contribution in [2.75, 3.05) is 13.1 Å². The highest BCUT2D eigenvalue weighted by Crippen LogP contribution is 2.05. The second-order valence-corrected chi connectivity index (χ2v) is 3.29. The van der Waals surface area contributed by atoms with E-state index in [0.717, 1.165) is 19.4 Å². The van der Waals surface area contributed by atoms with E-state index in [4.69, 9.17) is 5.26 Å². The molecule has 0 aliphatic heterocycles. The monoisotopic (exact) mass is 170 g/mol. The van der Waals surface area contributed by atoms with Crippen LogP contribution in [0.4, 0.5) is 0 Å². The fourth-order valence-electron chi connectivity index (χ4n) is 0.775. The van der Waals surface area contributed by atoms with E-state index in [-0.39, 0.29) is 0 Å². The Morgan fingerprint density at radius 3 is 2.75 bits per heavy atom. The zero-order chi connectivity index (χ0) is 9.45. The Labute approximate surface area is 74.4 Å². The van der Waals surface area contributed by atoms with Gasteiger partial charge in [0.05, 0.1) is 11.7 Å². The number of aliphatic hydroxyl groups is 1. The summed E-state index contributed by atoms with van der Waals surface area (Å²) in [6.07, 6.45) is 2.19. The Kier molecular flexibility index (Phi) is 5.69. The summed E-state index contributed by atoms with van der Waals surface area (Å²) in [5, 5.41) is 20.9. The van der Waals surface area contributed by atoms with Crippen molar-refractivity contribution in [1.29, 1.82) is 5.26 Å². The van der Waals surface area contributed by atoms with E-state index in [1.54, 1.807) is 0 Å². The van der Waals surface area contributed by atoms with E-state index in [1.807, 2.05) is 13.8 Å². The summed E-state index contributed by atoms with van der Waals surface area (Å²) in [5.41, 5.74) is -0.605. The lowest BCUT2D eigenvalue weighted by molar-refractivity contribution is 0.0560. The molecule has 0 heterocycles. The number of unbranched alkanes of at least 4 members (excludes halogenated alkanes) is 1. The summed E-state index contributed by atoms with van der Waals surface area (Å²) >= 11 is 0. The number of rotatable bonds is 6. The van der Waals surface area contributed by atoms with Crippen LogP contribution in [0, 0.1) is 11.3 Å². The molecule has 0 aliphatic rings. The maximum absolute atomic E-state index is 9.55. The molecule has 0 bridgehead atoms. The maximum atomic E-state index is 9.55. The molecule has 1 atom stereocenters. The van der Waals surface area contributed by atoms with Crippen molar-refractivity contribution in [3.8, 4) is 6.07 Å². The van der Waals surface area contributed by atoms with Gasteiger partial charge in [0.2, 0.25) is 0 Å². The predicted molar refractivity (Wildman–Crippen MR) is 48.6 cm³/mol. The zero-order valence-electron chi connectivity index (χ0n) is 7.93. The molecule has 0 aromatic heterocycles. The van der Waals surface area contributed by atoms with Crippen LogP contribution in [-0.4, -0.2) is 23.8 Å². The molecule has 0 aromatic rings. The maximum Gasteiger partial charge on any atom is 0.0740 e. The Balaban J connectivity index is 3.26. The molecule has 0 aliphatic carbocycles. The number of nitriles is 1. The number of nitrogens with zero attached hydrogens (tertiary/aromatic N) is 1. The Bertz CT molecular complexity index is 149. The highest BCUT2D eigenvalue weighted by atomic mass is 16.3. The van der Waals surface area contributed by atoms with E-state index in [0.29, 0.717) is 13.0 Å². The van der Waals surface area contributed by atoms with E-state index in [9.17, 15) is 5.11 Å². The zero-order valence-corrected chi connectivity index (χ0v) is 7.93. The second-order valence-electron chi connectivity index (χ2n) is 3.29. The first-order valence-electron chi connectivity index (χ1n) is 4.42. The van der Waals surface area contributed by atoms with Crippen molar-refractivity contribution < 1.29 is 5.11 Å². The number of hydrogen-bond acceptors (Lipinski definition) is 3. The van der Waals surface area contributed by atoms with Crippen molar-refractivity contribution in [2.45, 2.75) is 38.7 Å². The molecular weight excluding hydrogens is 152 g/mol. The van der Waals surface area contributed by atoms with Gasteiger partial charge in [-0.15, -0.1) is 0 Å². The van der Waals surface area contributed by atoms with Crippen LogP contribution in [0.1, 0.15) is 33.1 Å². The Hall–Kier alpha value is -0.590. The van der Waals surface area contributed by atoms with Crippen LogP contribution < -0.4 is 5.32 Å². The van der Waals surface area contributed by atoms with Crippen LogP contribution in [0.5, 0.6) is 0 Å². The molecule has 3 nitrogen and oxygen atoms in total. The van der Waals surface area contributed by atoms with Gasteiger partial charge >= 0.3 is 0 Å². The fraction of sp³-hybridized carbons (Fsp3) is 0.889. The van der Waals surface area contributed by atoms with Crippen LogP contribution in [-0.2, 0) is 0 Å². The predicted octanol–water partition coefficient (Wildman–Crippen LogP) is 1.04. The first kappa shape index (κ1) is 11.4. The molecule has 0 rings (SSSR count). The topological polar surface area (TPSA) is 56.0 Å². The highest BCUT2D eigenvalue weighted by Gasteiger charge is 2.15. The van der Waals surface area contributed by atoms with Gasteiger partial charge in [-0.25, -0.2) is 0 Å². The third-order valence-electron chi connectivity index (χ3n) is 1.91. The Morgan fingerprint density at radius 1 is 1.58 bits per heavy atom. The second kappa shape index (κ2) is 5.99. The average Bonchev–Trinajstić information content (AvgIpc) is 2.04. The summed E-state index contributed by atoms with van der Waals surface area (Å²) < 4.78 is 0. The first-order valence-corrected chi connectivity index (χ1v) is 4.42. The van der Waals surface area contributed by atoms with E-state index in [2.05, 4.69) is 11.4 Å². The molecule has 0 aromatic carbocycles. The highest BCUT2D eigenvalue weighted by molar-refractivity contribution is 4.74. The van der Waals surface area contributed by atoms with Gasteiger partial charge in [-0.2, -0.15) is 5.26 Å². The third kappa shape index (κ3) is 6.14. The molecule has 0 amide bonds. The summed E-state index contributed by atoms with van der Waals surface area (Å²) in [4.78, 5) is 0. The van der Waals surface area contributed by atoms with E-state index in [1.165, 1.54) is 0 Å². The van der Waals surface area contributed by atoms with Crippen molar-refractivity contribution >= 4 is 0 Å². The Morgan fingerprint density at radius 2 is 2.25 bits per heavy atom. The summed E-state index contributed by atoms with van der Waals surface area (Å²) in [7, 11) is 0. The molecular formula is C9H18N2O. The lowest BCUT2D eigenvalue weighted by Gasteiger charge is -2.21. The number of nitrogens with one attached hydrogen (secondary N) is 1. The standard InChI is InChI=1S/C9H18N2O/c1-3-9(2,12)8-11-7-5-4-6-10/h11-12H,3-5,7-8H2,1-2H3. The van der Waals surface area contributed by atoms with E-state index >= 15 is 0 Å². The van der Waals surface area contributed by atoms with Gasteiger partial charge < -0.3 is 10.4 Å². The SMILES string of the molecule is CCC(C)(O)CNCCCC#N. The normalized spacial score (nSPS) is 15.2. The van der Waals surface area contributed by atoms with Crippen LogP contribution in [0.25, 0.3) is 0 Å². The minimum atomic E-state index is -0.605. The first-order chi connectivity index (χ1) is 5.62. The summed E-state index contributed by atoms with van der Waals surface area (Å²) in [5.74, 6) is 0. The minimum Gasteiger partial charge on any atom is -0.389 e. The molecule has 1 unspecified atom stereocenters. The molecule has 3 heteroatoms. The molecule has 70 valence electrons. The van der Waals surface area contributed by atoms with Crippen molar-refractivity contribution in [2.24, 2.45) is 0 Å². The third-order valence-corrected chi connectivity index (χ3v) is 1.91. The lowest BCUT2D eigenvalue weighted by Crippen LogP contribution is -2.37. The average molecular weight is 170 g/mol. The molecule has 0 spiro atoms. The van der Waals surface area contributed by atoms with Gasteiger partial charge in [0.25, 0.3) is 0 Å². The van der Waals surface area contributed by atoms with Crippen molar-refractivity contribution in [3.63, 3.8) is 0 Å². The molecule has 0 radical (unpaired) electrons. The van der Waals surface area contributed by atoms with Crippen LogP contribution >= 0.6 is 0 Å². The van der Waals surface area contributed by atoms with Gasteiger partial charge in [0.15, 0.2) is 0 Å². The smallest absolute Gasteiger partial charge is 0.0740 e. The van der Waals surface area contributed by atoms with Crippen molar-refractivity contribution in [1.82, 2.24) is 5.32 Å². The van der Waals surface area contributed by atoms with Gasteiger partial charge in [-0.05, 0) is 26.3 Å². The van der Waals surface area contributed by atoms with Crippen LogP contribution in [0.15, 0.2) is 0 Å². The van der Waals surface area contributed by atoms with Gasteiger partial charge in [-0.3, -0.25) is 0 Å². The van der Waals surface area contributed by atoms with Gasteiger partial charge in [-0.1, -0.05) is 6.92 Å².